The van der Waals surface area contributed by atoms with Crippen LogP contribution in [0.2, 0.25) is 0 Å². The fraction of sp³-hybridized carbons (Fsp3) is 0.706. The van der Waals surface area contributed by atoms with Crippen molar-refractivity contribution in [3.8, 4) is 0 Å². The third kappa shape index (κ3) is 9.53. The average molecular weight is 499 g/mol. The summed E-state index contributed by atoms with van der Waals surface area (Å²) in [6.07, 6.45) is 15.6. The van der Waals surface area contributed by atoms with Crippen molar-refractivity contribution in [1.82, 2.24) is 4.98 Å². The number of pyridine rings is 1. The standard InChI is InChI=1S/C17H27I2N/c1-2-3-6-10-16(18)11-8-5-4-7-9-15-12-13-20-17(19)14-15/h12-14,16H,2-11H2,1H3. The zero-order chi connectivity index (χ0) is 14.6. The molecule has 0 fully saturated rings. The van der Waals surface area contributed by atoms with Crippen molar-refractivity contribution >= 4 is 45.2 Å². The molecule has 1 nitrogen and oxygen atoms in total. The second-order valence-corrected chi connectivity index (χ2v) is 8.40. The van der Waals surface area contributed by atoms with E-state index in [1.807, 2.05) is 6.20 Å². The number of alkyl halides is 1. The Morgan fingerprint density at radius 2 is 1.75 bits per heavy atom. The predicted molar refractivity (Wildman–Crippen MR) is 106 cm³/mol. The summed E-state index contributed by atoms with van der Waals surface area (Å²) < 4.78 is 2.01. The van der Waals surface area contributed by atoms with E-state index in [2.05, 4.69) is 69.2 Å². The highest BCUT2D eigenvalue weighted by Gasteiger charge is 2.03. The van der Waals surface area contributed by atoms with Crippen molar-refractivity contribution in [2.75, 3.05) is 0 Å². The van der Waals surface area contributed by atoms with Gasteiger partial charge in [-0.15, -0.1) is 0 Å². The second-order valence-electron chi connectivity index (χ2n) is 5.53. The number of unbranched alkanes of at least 4 members (excludes halogenated alkanes) is 5. The summed E-state index contributed by atoms with van der Waals surface area (Å²) in [6, 6.07) is 4.35. The molecule has 1 rings (SSSR count). The maximum Gasteiger partial charge on any atom is 0.101 e. The quantitative estimate of drug-likeness (QED) is 0.146. The van der Waals surface area contributed by atoms with Gasteiger partial charge in [0.1, 0.15) is 3.70 Å². The predicted octanol–water partition coefficient (Wildman–Crippen LogP) is 6.56. The molecule has 0 radical (unpaired) electrons. The van der Waals surface area contributed by atoms with Crippen LogP contribution in [0.4, 0.5) is 0 Å². The molecule has 3 heteroatoms. The van der Waals surface area contributed by atoms with E-state index < -0.39 is 0 Å². The molecule has 0 aromatic carbocycles. The molecule has 0 saturated carbocycles. The van der Waals surface area contributed by atoms with E-state index in [0.29, 0.717) is 0 Å². The highest BCUT2D eigenvalue weighted by atomic mass is 127. The van der Waals surface area contributed by atoms with Gasteiger partial charge >= 0.3 is 0 Å². The van der Waals surface area contributed by atoms with Crippen LogP contribution in [-0.4, -0.2) is 8.91 Å². The molecule has 0 N–H and O–H groups in total. The van der Waals surface area contributed by atoms with Crippen molar-refractivity contribution in [2.24, 2.45) is 0 Å². The van der Waals surface area contributed by atoms with Crippen LogP contribution in [0.25, 0.3) is 0 Å². The van der Waals surface area contributed by atoms with Crippen molar-refractivity contribution in [3.05, 3.63) is 27.6 Å². The van der Waals surface area contributed by atoms with E-state index in [-0.39, 0.29) is 0 Å². The molecular weight excluding hydrogens is 472 g/mol. The summed E-state index contributed by atoms with van der Waals surface area (Å²) in [5.74, 6) is 0. The van der Waals surface area contributed by atoms with Crippen LogP contribution in [0.1, 0.15) is 70.3 Å². The van der Waals surface area contributed by atoms with Crippen molar-refractivity contribution < 1.29 is 0 Å². The summed E-state index contributed by atoms with van der Waals surface area (Å²) in [4.78, 5) is 4.23. The Labute approximate surface area is 152 Å². The zero-order valence-corrected chi connectivity index (χ0v) is 16.9. The molecule has 20 heavy (non-hydrogen) atoms. The van der Waals surface area contributed by atoms with Gasteiger partial charge in [0, 0.05) is 10.1 Å². The molecule has 0 spiro atoms. The molecular formula is C17H27I2N. The molecule has 1 aromatic rings. The van der Waals surface area contributed by atoms with Crippen LogP contribution in [0.15, 0.2) is 18.3 Å². The van der Waals surface area contributed by atoms with Gasteiger partial charge in [0.2, 0.25) is 0 Å². The van der Waals surface area contributed by atoms with Gasteiger partial charge in [-0.25, -0.2) is 0 Å². The van der Waals surface area contributed by atoms with Gasteiger partial charge in [-0.1, -0.05) is 68.0 Å². The smallest absolute Gasteiger partial charge is 0.101 e. The first kappa shape index (κ1) is 18.7. The molecule has 0 bridgehead atoms. The van der Waals surface area contributed by atoms with E-state index in [1.54, 1.807) is 0 Å². The molecule has 0 aliphatic heterocycles. The number of nitrogens with zero attached hydrogens (tertiary/aromatic N) is 1. The van der Waals surface area contributed by atoms with Crippen LogP contribution in [-0.2, 0) is 6.42 Å². The largest absolute Gasteiger partial charge is 0.250 e. The monoisotopic (exact) mass is 499 g/mol. The van der Waals surface area contributed by atoms with Crippen LogP contribution in [0.3, 0.4) is 0 Å². The Bertz CT molecular complexity index is 355. The highest BCUT2D eigenvalue weighted by molar-refractivity contribution is 14.1. The third-order valence-corrected chi connectivity index (χ3v) is 5.48. The Balaban J connectivity index is 1.97. The number of halogens is 2. The summed E-state index contributed by atoms with van der Waals surface area (Å²) >= 11 is 4.94. The van der Waals surface area contributed by atoms with E-state index in [9.17, 15) is 0 Å². The van der Waals surface area contributed by atoms with Gasteiger partial charge < -0.3 is 0 Å². The molecule has 0 saturated heterocycles. The molecule has 1 unspecified atom stereocenters. The minimum absolute atomic E-state index is 0.904. The first-order valence-electron chi connectivity index (χ1n) is 7.97. The lowest BCUT2D eigenvalue weighted by Gasteiger charge is -2.09. The van der Waals surface area contributed by atoms with Gasteiger partial charge in [0.05, 0.1) is 0 Å². The summed E-state index contributed by atoms with van der Waals surface area (Å²) in [5, 5.41) is 0. The van der Waals surface area contributed by atoms with E-state index in [4.69, 9.17) is 0 Å². The van der Waals surface area contributed by atoms with Crippen molar-refractivity contribution in [3.63, 3.8) is 0 Å². The van der Waals surface area contributed by atoms with Gasteiger partial charge in [-0.2, -0.15) is 0 Å². The number of aromatic nitrogens is 1. The molecule has 1 heterocycles. The first-order valence-corrected chi connectivity index (χ1v) is 10.3. The molecule has 0 amide bonds. The summed E-state index contributed by atoms with van der Waals surface area (Å²) in [5.41, 5.74) is 1.44. The topological polar surface area (TPSA) is 12.9 Å². The molecule has 0 aliphatic rings. The molecule has 114 valence electrons. The highest BCUT2D eigenvalue weighted by Crippen LogP contribution is 2.19. The number of aryl methyl sites for hydroxylation is 1. The zero-order valence-electron chi connectivity index (χ0n) is 12.6. The molecule has 1 aromatic heterocycles. The maximum absolute atomic E-state index is 4.23. The SMILES string of the molecule is CCCCCC(I)CCCCCCc1ccnc(I)c1. The van der Waals surface area contributed by atoms with Gasteiger partial charge in [0.15, 0.2) is 0 Å². The fourth-order valence-corrected chi connectivity index (χ4v) is 3.85. The van der Waals surface area contributed by atoms with E-state index >= 15 is 0 Å². The van der Waals surface area contributed by atoms with Crippen LogP contribution in [0, 0.1) is 3.70 Å². The van der Waals surface area contributed by atoms with Crippen LogP contribution < -0.4 is 0 Å². The first-order chi connectivity index (χ1) is 9.72. The lowest BCUT2D eigenvalue weighted by molar-refractivity contribution is 0.575. The van der Waals surface area contributed by atoms with Crippen molar-refractivity contribution in [1.29, 1.82) is 0 Å². The van der Waals surface area contributed by atoms with Gasteiger partial charge in [-0.3, -0.25) is 4.98 Å². The Hall–Kier alpha value is 0.610. The van der Waals surface area contributed by atoms with Gasteiger partial charge in [-0.05, 0) is 66.0 Å². The van der Waals surface area contributed by atoms with Crippen molar-refractivity contribution in [2.45, 2.75) is 75.1 Å². The summed E-state index contributed by atoms with van der Waals surface area (Å²) in [6.45, 7) is 2.28. The van der Waals surface area contributed by atoms with E-state index in [0.717, 1.165) is 7.63 Å². The number of rotatable bonds is 11. The lowest BCUT2D eigenvalue weighted by Crippen LogP contribution is -1.97. The summed E-state index contributed by atoms with van der Waals surface area (Å²) in [7, 11) is 0. The van der Waals surface area contributed by atoms with Gasteiger partial charge in [0.25, 0.3) is 0 Å². The lowest BCUT2D eigenvalue weighted by atomic mass is 10.0. The minimum Gasteiger partial charge on any atom is -0.250 e. The maximum atomic E-state index is 4.23. The average Bonchev–Trinajstić information content (AvgIpc) is 2.43. The molecule has 1 atom stereocenters. The normalized spacial score (nSPS) is 12.6. The molecule has 0 aliphatic carbocycles. The number of hydrogen-bond donors (Lipinski definition) is 0. The second kappa shape index (κ2) is 12.2. The van der Waals surface area contributed by atoms with E-state index in [1.165, 1.54) is 69.8 Å². The Morgan fingerprint density at radius 1 is 1.05 bits per heavy atom. The van der Waals surface area contributed by atoms with Crippen LogP contribution >= 0.6 is 45.2 Å². The Kier molecular flexibility index (Phi) is 11.4. The number of hydrogen-bond acceptors (Lipinski definition) is 1. The Morgan fingerprint density at radius 3 is 2.45 bits per heavy atom. The fourth-order valence-electron chi connectivity index (χ4n) is 2.41. The minimum atomic E-state index is 0.904. The third-order valence-electron chi connectivity index (χ3n) is 3.64. The van der Waals surface area contributed by atoms with Crippen LogP contribution in [0.5, 0.6) is 0 Å².